The second-order valence-corrected chi connectivity index (χ2v) is 12.3. The number of hydrogen-bond acceptors (Lipinski definition) is 11. The number of carbonyl (C=O) groups is 4. The van der Waals surface area contributed by atoms with Crippen LogP contribution in [0.4, 0.5) is 5.69 Å². The van der Waals surface area contributed by atoms with E-state index in [4.69, 9.17) is 9.47 Å². The van der Waals surface area contributed by atoms with E-state index in [-0.39, 0.29) is 6.54 Å². The summed E-state index contributed by atoms with van der Waals surface area (Å²) in [5.74, 6) is -3.65. The van der Waals surface area contributed by atoms with E-state index >= 15 is 0 Å². The smallest absolute Gasteiger partial charge is 0.330 e. The number of aliphatic hydroxyl groups is 2. The van der Waals surface area contributed by atoms with Gasteiger partial charge in [0.25, 0.3) is 5.56 Å². The van der Waals surface area contributed by atoms with Gasteiger partial charge in [0.1, 0.15) is 30.1 Å². The molecule has 4 amide bonds. The first-order valence-electron chi connectivity index (χ1n) is 15.6. The number of nitrogens with zero attached hydrogens (tertiary/aromatic N) is 4. The maximum absolute atomic E-state index is 14.1. The van der Waals surface area contributed by atoms with Crippen molar-refractivity contribution in [2.45, 2.75) is 36.6 Å². The molecule has 0 bridgehead atoms. The summed E-state index contributed by atoms with van der Waals surface area (Å²) in [5.41, 5.74) is -0.478. The molecule has 3 aliphatic rings. The standard InChI is InChI=1S/C33H36N6O10/c1-36(16-22(41)34-15-20-27(42)28(43)32(49-20)38-14-13-21(40)35-33(38)47)31(46)26-24-23(25(37(26)2)18-11-7-8-12-19(18)48-3)29(44)39(30(24)45)17-9-5-4-6-10-17/h4-14,20,23-28,32,42-43H,15-16H2,1-3H3,(H,34,41)(H,35,40,47)/t20-,23-,24+,25-,26-,27-,28-,32-/m1/s1. The maximum atomic E-state index is 14.1. The summed E-state index contributed by atoms with van der Waals surface area (Å²) in [6.07, 6.45) is -4.36. The van der Waals surface area contributed by atoms with Crippen LogP contribution in [0.15, 0.2) is 76.4 Å². The molecule has 8 atom stereocenters. The van der Waals surface area contributed by atoms with E-state index in [2.05, 4.69) is 5.32 Å². The lowest BCUT2D eigenvalue weighted by molar-refractivity contribution is -0.141. The van der Waals surface area contributed by atoms with Crippen molar-refractivity contribution in [2.24, 2.45) is 11.8 Å². The van der Waals surface area contributed by atoms with Crippen molar-refractivity contribution >= 4 is 29.3 Å². The van der Waals surface area contributed by atoms with Crippen molar-refractivity contribution in [3.8, 4) is 5.75 Å². The Hall–Kier alpha value is -5.16. The number of imide groups is 1. The molecule has 1 aromatic heterocycles. The van der Waals surface area contributed by atoms with Gasteiger partial charge in [-0.1, -0.05) is 36.4 Å². The van der Waals surface area contributed by atoms with Gasteiger partial charge < -0.3 is 29.9 Å². The highest BCUT2D eigenvalue weighted by Crippen LogP contribution is 2.52. The molecule has 0 radical (unpaired) electrons. The third kappa shape index (κ3) is 5.92. The Kier molecular flexibility index (Phi) is 9.22. The predicted molar refractivity (Wildman–Crippen MR) is 171 cm³/mol. The Bertz CT molecular complexity index is 1880. The SMILES string of the molecule is COc1ccccc1[C@@H]1[C@@H]2C(=O)N(c3ccccc3)C(=O)[C@@H]2[C@H](C(=O)N(C)CC(=O)NC[C@H]2O[C@@H](n3ccc(=O)[nH]c3=O)[C@H](O)[C@@H]2O)N1C. The number of benzene rings is 2. The number of fused-ring (bicyclic) bond motifs is 1. The second-order valence-electron chi connectivity index (χ2n) is 12.3. The molecule has 3 saturated heterocycles. The quantitative estimate of drug-likeness (QED) is 0.194. The molecule has 16 heteroatoms. The molecule has 3 fully saturated rings. The van der Waals surface area contributed by atoms with E-state index in [1.54, 1.807) is 66.5 Å². The fraction of sp³-hybridized carbons (Fsp3) is 0.394. The van der Waals surface area contributed by atoms with Crippen LogP contribution in [0.25, 0.3) is 0 Å². The molecular weight excluding hydrogens is 640 g/mol. The topological polar surface area (TPSA) is 204 Å². The molecular formula is C33H36N6O10. The number of amides is 4. The van der Waals surface area contributed by atoms with Crippen LogP contribution < -0.4 is 26.2 Å². The fourth-order valence-electron chi connectivity index (χ4n) is 7.08. The van der Waals surface area contributed by atoms with Crippen molar-refractivity contribution in [2.75, 3.05) is 39.2 Å². The Balaban J connectivity index is 1.18. The molecule has 3 aromatic rings. The molecule has 258 valence electrons. The molecule has 4 heterocycles. The van der Waals surface area contributed by atoms with E-state index in [0.29, 0.717) is 17.0 Å². The number of aromatic amines is 1. The second kappa shape index (κ2) is 13.4. The van der Waals surface area contributed by atoms with E-state index < -0.39 is 89.9 Å². The van der Waals surface area contributed by atoms with E-state index in [9.17, 15) is 39.0 Å². The zero-order chi connectivity index (χ0) is 35.1. The zero-order valence-corrected chi connectivity index (χ0v) is 26.8. The summed E-state index contributed by atoms with van der Waals surface area (Å²) in [6, 6.07) is 14.8. The largest absolute Gasteiger partial charge is 0.496 e. The molecule has 0 aliphatic carbocycles. The van der Waals surface area contributed by atoms with Crippen LogP contribution in [0.3, 0.4) is 0 Å². The summed E-state index contributed by atoms with van der Waals surface area (Å²) in [6.45, 7) is -0.727. The van der Waals surface area contributed by atoms with E-state index in [1.165, 1.54) is 14.2 Å². The number of likely N-dealkylation sites (tertiary alicyclic amines) is 1. The van der Waals surface area contributed by atoms with Gasteiger partial charge in [0.15, 0.2) is 6.23 Å². The molecule has 2 aromatic carbocycles. The highest BCUT2D eigenvalue weighted by molar-refractivity contribution is 6.24. The molecule has 49 heavy (non-hydrogen) atoms. The summed E-state index contributed by atoms with van der Waals surface area (Å²) in [7, 11) is 4.56. The van der Waals surface area contributed by atoms with Gasteiger partial charge in [-0.15, -0.1) is 0 Å². The number of hydrogen-bond donors (Lipinski definition) is 4. The summed E-state index contributed by atoms with van der Waals surface area (Å²) in [4.78, 5) is 84.8. The third-order valence-corrected chi connectivity index (χ3v) is 9.40. The first-order chi connectivity index (χ1) is 23.4. The van der Waals surface area contributed by atoms with Gasteiger partial charge in [-0.05, 0) is 25.2 Å². The molecule has 6 rings (SSSR count). The monoisotopic (exact) mass is 676 g/mol. The highest BCUT2D eigenvalue weighted by atomic mass is 16.6. The van der Waals surface area contributed by atoms with Gasteiger partial charge >= 0.3 is 5.69 Å². The van der Waals surface area contributed by atoms with Crippen LogP contribution in [-0.2, 0) is 23.9 Å². The molecule has 16 nitrogen and oxygen atoms in total. The lowest BCUT2D eigenvalue weighted by Gasteiger charge is -2.32. The first kappa shape index (κ1) is 33.7. The number of rotatable bonds is 9. The minimum Gasteiger partial charge on any atom is -0.496 e. The Morgan fingerprint density at radius 1 is 0.959 bits per heavy atom. The van der Waals surface area contributed by atoms with Crippen molar-refractivity contribution in [1.29, 1.82) is 0 Å². The summed E-state index contributed by atoms with van der Waals surface area (Å²) >= 11 is 0. The van der Waals surface area contributed by atoms with Crippen molar-refractivity contribution < 1.29 is 38.9 Å². The van der Waals surface area contributed by atoms with Gasteiger partial charge in [0, 0.05) is 31.4 Å². The van der Waals surface area contributed by atoms with Crippen molar-refractivity contribution in [1.82, 2.24) is 24.7 Å². The van der Waals surface area contributed by atoms with E-state index in [0.717, 1.165) is 26.6 Å². The summed E-state index contributed by atoms with van der Waals surface area (Å²) in [5, 5.41) is 23.6. The zero-order valence-electron chi connectivity index (χ0n) is 26.8. The Morgan fingerprint density at radius 3 is 2.33 bits per heavy atom. The number of likely N-dealkylation sites (N-methyl/N-ethyl adjacent to an activating group) is 2. The molecule has 0 saturated carbocycles. The molecule has 0 spiro atoms. The highest BCUT2D eigenvalue weighted by Gasteiger charge is 2.64. The van der Waals surface area contributed by atoms with Gasteiger partial charge in [-0.2, -0.15) is 0 Å². The third-order valence-electron chi connectivity index (χ3n) is 9.40. The van der Waals surface area contributed by atoms with Crippen LogP contribution in [0.5, 0.6) is 5.75 Å². The van der Waals surface area contributed by atoms with Gasteiger partial charge in [0.2, 0.25) is 23.6 Å². The number of aromatic nitrogens is 2. The number of H-pyrrole nitrogens is 1. The summed E-state index contributed by atoms with van der Waals surface area (Å²) < 4.78 is 12.1. The number of aliphatic hydroxyl groups excluding tert-OH is 2. The van der Waals surface area contributed by atoms with Crippen molar-refractivity contribution in [3.63, 3.8) is 0 Å². The maximum Gasteiger partial charge on any atom is 0.330 e. The molecule has 3 aliphatic heterocycles. The molecule has 4 N–H and O–H groups in total. The fourth-order valence-corrected chi connectivity index (χ4v) is 7.08. The predicted octanol–water partition coefficient (Wildman–Crippen LogP) is -1.40. The van der Waals surface area contributed by atoms with Crippen LogP contribution in [0.1, 0.15) is 17.8 Å². The number of methoxy groups -OCH3 is 1. The average molecular weight is 677 g/mol. The Labute approximate surface area is 279 Å². The lowest BCUT2D eigenvalue weighted by atomic mass is 9.86. The van der Waals surface area contributed by atoms with E-state index in [1.807, 2.05) is 4.98 Å². The number of anilines is 1. The van der Waals surface area contributed by atoms with Gasteiger partial charge in [-0.25, -0.2) is 9.69 Å². The minimum absolute atomic E-state index is 0.281. The lowest BCUT2D eigenvalue weighted by Crippen LogP contribution is -2.51. The first-order valence-corrected chi connectivity index (χ1v) is 15.6. The molecule has 0 unspecified atom stereocenters. The average Bonchev–Trinajstić information content (AvgIpc) is 3.64. The normalized spacial score (nSPS) is 28.1. The van der Waals surface area contributed by atoms with Crippen LogP contribution >= 0.6 is 0 Å². The van der Waals surface area contributed by atoms with Crippen molar-refractivity contribution in [3.05, 3.63) is 93.3 Å². The number of para-hydroxylation sites is 2. The number of ether oxygens (including phenoxy) is 2. The Morgan fingerprint density at radius 2 is 1.63 bits per heavy atom. The number of carbonyl (C=O) groups excluding carboxylic acids is 4. The van der Waals surface area contributed by atoms with Gasteiger partial charge in [-0.3, -0.25) is 38.4 Å². The minimum atomic E-state index is -1.54. The van der Waals surface area contributed by atoms with Crippen LogP contribution in [0.2, 0.25) is 0 Å². The van der Waals surface area contributed by atoms with Crippen LogP contribution in [-0.4, -0.2) is 112 Å². The number of nitrogens with one attached hydrogen (secondary N) is 2. The van der Waals surface area contributed by atoms with Gasteiger partial charge in [0.05, 0.1) is 37.2 Å². The van der Waals surface area contributed by atoms with Crippen LogP contribution in [0, 0.1) is 11.8 Å².